The topological polar surface area (TPSA) is 169 Å². The van der Waals surface area contributed by atoms with Crippen LogP contribution in [-0.4, -0.2) is 48.3 Å². The predicted molar refractivity (Wildman–Crippen MR) is 70.0 cm³/mol. The molecular weight excluding hydrogens is 340 g/mol. The molecule has 0 bridgehead atoms. The molecule has 4 N–H and O–H groups in total. The third kappa shape index (κ3) is 4.08. The molecule has 0 spiro atoms. The number of phosphoric acid groups is 1. The number of nitrogens with two attached hydrogens (primary N) is 1. The molecule has 4 atom stereocenters. The number of imidazole rings is 1. The van der Waals surface area contributed by atoms with Crippen molar-refractivity contribution in [2.24, 2.45) is 0 Å². The number of anilines is 1. The first-order valence-corrected chi connectivity index (χ1v) is 7.79. The van der Waals surface area contributed by atoms with Crippen LogP contribution in [0, 0.1) is 0 Å². The summed E-state index contributed by atoms with van der Waals surface area (Å²) >= 11 is 0. The number of phosphoric ester groups is 1. The molecule has 1 fully saturated rings. The third-order valence-corrected chi connectivity index (χ3v) is 3.78. The fraction of sp³-hybridized carbons (Fsp3) is 0.500. The molecule has 23 heavy (non-hydrogen) atoms. The number of fused-ring (bicyclic) bond motifs is 1. The van der Waals surface area contributed by atoms with Gasteiger partial charge in [-0.3, -0.25) is 9.13 Å². The van der Waals surface area contributed by atoms with E-state index in [-0.39, 0.29) is 41.8 Å². The first kappa shape index (κ1) is 18.7. The average Bonchev–Trinajstić information content (AvgIpc) is 3.00. The summed E-state index contributed by atoms with van der Waals surface area (Å²) in [6.07, 6.45) is 0.414. The van der Waals surface area contributed by atoms with Crippen molar-refractivity contribution in [2.45, 2.75) is 24.9 Å². The predicted octanol–water partition coefficient (Wildman–Crippen LogP) is -4.46. The molecule has 120 valence electrons. The van der Waals surface area contributed by atoms with E-state index in [0.717, 1.165) is 0 Å². The fourth-order valence-corrected chi connectivity index (χ4v) is 2.62. The van der Waals surface area contributed by atoms with E-state index in [2.05, 4.69) is 19.5 Å². The molecule has 3 rings (SSSR count). The van der Waals surface area contributed by atoms with Crippen molar-refractivity contribution >= 4 is 24.8 Å². The Morgan fingerprint density at radius 1 is 1.52 bits per heavy atom. The first-order chi connectivity index (χ1) is 10.3. The van der Waals surface area contributed by atoms with Crippen molar-refractivity contribution in [3.63, 3.8) is 0 Å². The Morgan fingerprint density at radius 3 is 2.96 bits per heavy atom. The fourth-order valence-electron chi connectivity index (χ4n) is 2.28. The second kappa shape index (κ2) is 7.09. The Hall–Kier alpha value is -0.620. The average molecular weight is 353 g/mol. The molecule has 1 unspecified atom stereocenters. The van der Waals surface area contributed by atoms with Crippen LogP contribution in [-0.2, 0) is 13.8 Å². The van der Waals surface area contributed by atoms with Crippen LogP contribution in [0.3, 0.4) is 0 Å². The molecule has 0 aromatic carbocycles. The first-order valence-electron chi connectivity index (χ1n) is 6.30. The number of nitrogens with zero attached hydrogens (tertiary/aromatic N) is 4. The molecule has 0 saturated carbocycles. The summed E-state index contributed by atoms with van der Waals surface area (Å²) in [6.45, 7) is -0.487. The van der Waals surface area contributed by atoms with Crippen molar-refractivity contribution in [1.82, 2.24) is 19.5 Å². The molecule has 13 heteroatoms. The maximum Gasteiger partial charge on any atom is 1.00 e. The molecule has 2 aromatic heterocycles. The van der Waals surface area contributed by atoms with Gasteiger partial charge in [0, 0.05) is 6.42 Å². The summed E-state index contributed by atoms with van der Waals surface area (Å²) in [5, 5.41) is 9.91. The van der Waals surface area contributed by atoms with Gasteiger partial charge in [-0.2, -0.15) is 0 Å². The normalized spacial score (nSPS) is 26.8. The number of nitrogen functional groups attached to an aromatic ring is 1. The number of hydrogen-bond acceptors (Lipinski definition) is 9. The van der Waals surface area contributed by atoms with Crippen LogP contribution in [0.4, 0.5) is 5.82 Å². The van der Waals surface area contributed by atoms with Gasteiger partial charge >= 0.3 is 29.6 Å². The van der Waals surface area contributed by atoms with Gasteiger partial charge in [-0.25, -0.2) is 15.0 Å². The Morgan fingerprint density at radius 2 is 2.26 bits per heavy atom. The van der Waals surface area contributed by atoms with Crippen molar-refractivity contribution in [1.29, 1.82) is 0 Å². The summed E-state index contributed by atoms with van der Waals surface area (Å²) in [5.74, 6) is 0.217. The molecule has 0 radical (unpaired) electrons. The Balaban J connectivity index is 0.00000192. The maximum absolute atomic E-state index is 10.6. The standard InChI is InChI=1S/C10H14N5O6P.Na/c11-9-8-10(13-3-12-9)15(4-14-8)7-1-5(16)6(21-7)2-20-22(17,18)19;/h3-7,16H,1-2H2,(H2,11,12,13)(H2,17,18,19);/q;+1/p-1/t5-,6+,7+;/m0./s1. The monoisotopic (exact) mass is 353 g/mol. The summed E-state index contributed by atoms with van der Waals surface area (Å²) in [6, 6.07) is 0. The Labute approximate surface area is 152 Å². The second-order valence-corrected chi connectivity index (χ2v) is 5.97. The quantitative estimate of drug-likeness (QED) is 0.360. The van der Waals surface area contributed by atoms with E-state index in [1.807, 2.05) is 0 Å². The molecule has 1 aliphatic heterocycles. The molecular formula is C10H13N5NaO6P. The van der Waals surface area contributed by atoms with E-state index >= 15 is 0 Å². The summed E-state index contributed by atoms with van der Waals surface area (Å²) in [7, 11) is -4.87. The SMILES string of the molecule is Nc1ncnc2c1ncn2[C@H]1C[C@H](O)[C@@H](COP(=O)([O-])O)O1.[Na+]. The van der Waals surface area contributed by atoms with Gasteiger partial charge in [-0.1, -0.05) is 0 Å². The zero-order valence-corrected chi connectivity index (χ0v) is 15.0. The molecule has 0 aliphatic carbocycles. The van der Waals surface area contributed by atoms with Crippen molar-refractivity contribution in [3.8, 4) is 0 Å². The molecule has 11 nitrogen and oxygen atoms in total. The minimum absolute atomic E-state index is 0. The van der Waals surface area contributed by atoms with E-state index < -0.39 is 32.9 Å². The number of aromatic nitrogens is 4. The van der Waals surface area contributed by atoms with Gasteiger partial charge < -0.3 is 29.9 Å². The van der Waals surface area contributed by atoms with Crippen LogP contribution in [0.2, 0.25) is 0 Å². The third-order valence-electron chi connectivity index (χ3n) is 3.30. The van der Waals surface area contributed by atoms with Crippen LogP contribution in [0.1, 0.15) is 12.6 Å². The van der Waals surface area contributed by atoms with Crippen molar-refractivity contribution in [2.75, 3.05) is 12.3 Å². The zero-order chi connectivity index (χ0) is 15.9. The largest absolute Gasteiger partial charge is 1.00 e. The number of hydrogen-bond donors (Lipinski definition) is 3. The summed E-state index contributed by atoms with van der Waals surface area (Å²) < 4.78 is 21.9. The number of aliphatic hydroxyl groups is 1. The molecule has 3 heterocycles. The van der Waals surface area contributed by atoms with Crippen molar-refractivity contribution in [3.05, 3.63) is 12.7 Å². The maximum atomic E-state index is 10.6. The van der Waals surface area contributed by atoms with E-state index in [0.29, 0.717) is 11.2 Å². The van der Waals surface area contributed by atoms with E-state index in [9.17, 15) is 14.6 Å². The minimum atomic E-state index is -4.87. The van der Waals surface area contributed by atoms with E-state index in [1.165, 1.54) is 12.7 Å². The minimum Gasteiger partial charge on any atom is -0.756 e. The van der Waals surface area contributed by atoms with Gasteiger partial charge in [-0.05, 0) is 0 Å². The molecule has 1 aliphatic rings. The van der Waals surface area contributed by atoms with Crippen molar-refractivity contribution < 1.29 is 58.3 Å². The molecule has 1 saturated heterocycles. The van der Waals surface area contributed by atoms with Gasteiger partial charge in [0.2, 0.25) is 0 Å². The molecule has 2 aromatic rings. The van der Waals surface area contributed by atoms with Gasteiger partial charge in [0.25, 0.3) is 7.82 Å². The van der Waals surface area contributed by atoms with Gasteiger partial charge in [0.05, 0.1) is 19.0 Å². The van der Waals surface area contributed by atoms with E-state index in [4.69, 9.17) is 15.4 Å². The van der Waals surface area contributed by atoms with Gasteiger partial charge in [-0.15, -0.1) is 0 Å². The van der Waals surface area contributed by atoms with Crippen LogP contribution in [0.25, 0.3) is 11.2 Å². The summed E-state index contributed by atoms with van der Waals surface area (Å²) in [5.41, 5.74) is 6.52. The van der Waals surface area contributed by atoms with E-state index in [1.54, 1.807) is 4.57 Å². The van der Waals surface area contributed by atoms with Gasteiger partial charge in [0.15, 0.2) is 11.5 Å². The smallest absolute Gasteiger partial charge is 0.756 e. The second-order valence-electron chi connectivity index (χ2n) is 4.78. The zero-order valence-electron chi connectivity index (χ0n) is 12.1. The Kier molecular flexibility index (Phi) is 5.77. The number of aliphatic hydroxyl groups excluding tert-OH is 1. The van der Waals surface area contributed by atoms with Crippen LogP contribution >= 0.6 is 7.82 Å². The van der Waals surface area contributed by atoms with Gasteiger partial charge in [0.1, 0.15) is 24.2 Å². The summed E-state index contributed by atoms with van der Waals surface area (Å²) in [4.78, 5) is 31.1. The number of ether oxygens (including phenoxy) is 1. The van der Waals surface area contributed by atoms with Crippen LogP contribution in [0.5, 0.6) is 0 Å². The Bertz CT molecular complexity index is 738. The molecule has 0 amide bonds. The van der Waals surface area contributed by atoms with Crippen LogP contribution in [0.15, 0.2) is 12.7 Å². The number of rotatable bonds is 4. The van der Waals surface area contributed by atoms with Crippen LogP contribution < -0.4 is 40.2 Å².